The van der Waals surface area contributed by atoms with Crippen molar-refractivity contribution in [2.75, 3.05) is 5.32 Å². The molecule has 5 heteroatoms. The number of nitrogens with one attached hydrogen (secondary N) is 1. The van der Waals surface area contributed by atoms with Crippen LogP contribution >= 0.6 is 34.8 Å². The van der Waals surface area contributed by atoms with Crippen molar-refractivity contribution in [1.29, 1.82) is 0 Å². The molecule has 0 heterocycles. The molecule has 0 spiro atoms. The van der Waals surface area contributed by atoms with E-state index in [4.69, 9.17) is 34.8 Å². The molecule has 1 aliphatic carbocycles. The minimum absolute atomic E-state index is 0.0450. The van der Waals surface area contributed by atoms with Crippen molar-refractivity contribution in [2.24, 2.45) is 0 Å². The fraction of sp³-hybridized carbons (Fsp3) is 0.188. The summed E-state index contributed by atoms with van der Waals surface area (Å²) in [5, 5.41) is 3.31. The first-order valence-corrected chi connectivity index (χ1v) is 7.65. The molecule has 1 atom stereocenters. The molecule has 1 N–H and O–H groups in total. The number of hydrogen-bond acceptors (Lipinski definition) is 1. The fourth-order valence-electron chi connectivity index (χ4n) is 2.30. The Balaban J connectivity index is 1.86. The highest BCUT2D eigenvalue weighted by molar-refractivity contribution is 6.51. The highest BCUT2D eigenvalue weighted by Crippen LogP contribution is 2.60. The average Bonchev–Trinajstić information content (AvgIpc) is 3.08. The second-order valence-corrected chi connectivity index (χ2v) is 6.99. The van der Waals surface area contributed by atoms with Gasteiger partial charge in [0.2, 0.25) is 0 Å². The molecular formula is C16H12Cl3NO. The Hall–Kier alpha value is -1.22. The Bertz CT molecular complexity index is 699. The van der Waals surface area contributed by atoms with Crippen LogP contribution < -0.4 is 5.32 Å². The van der Waals surface area contributed by atoms with Gasteiger partial charge in [0.05, 0.1) is 10.6 Å². The molecule has 0 radical (unpaired) electrons. The zero-order valence-corrected chi connectivity index (χ0v) is 13.2. The minimum atomic E-state index is -0.731. The number of benzene rings is 2. The largest absolute Gasteiger partial charge is 0.322 e. The van der Waals surface area contributed by atoms with E-state index < -0.39 is 4.33 Å². The smallest absolute Gasteiger partial charge is 0.257 e. The highest BCUT2D eigenvalue weighted by Gasteiger charge is 2.53. The Morgan fingerprint density at radius 3 is 2.38 bits per heavy atom. The van der Waals surface area contributed by atoms with Gasteiger partial charge < -0.3 is 5.32 Å². The third kappa shape index (κ3) is 3.03. The van der Waals surface area contributed by atoms with Crippen LogP contribution in [0.3, 0.4) is 0 Å². The second kappa shape index (κ2) is 5.53. The summed E-state index contributed by atoms with van der Waals surface area (Å²) in [6.45, 7) is 0. The molecule has 2 aromatic carbocycles. The fourth-order valence-corrected chi connectivity index (χ4v) is 3.07. The number of para-hydroxylation sites is 1. The Kier molecular flexibility index (Phi) is 3.87. The Morgan fingerprint density at radius 1 is 1.10 bits per heavy atom. The molecule has 2 aromatic rings. The first kappa shape index (κ1) is 14.7. The van der Waals surface area contributed by atoms with Gasteiger partial charge in [0.1, 0.15) is 4.33 Å². The molecule has 3 rings (SSSR count). The van der Waals surface area contributed by atoms with E-state index in [-0.39, 0.29) is 11.8 Å². The van der Waals surface area contributed by atoms with Crippen LogP contribution in [0.25, 0.3) is 0 Å². The minimum Gasteiger partial charge on any atom is -0.322 e. The lowest BCUT2D eigenvalue weighted by Gasteiger charge is -2.12. The summed E-state index contributed by atoms with van der Waals surface area (Å²) in [7, 11) is 0. The molecule has 0 bridgehead atoms. The summed E-state index contributed by atoms with van der Waals surface area (Å²) in [5.41, 5.74) is 2.10. The monoisotopic (exact) mass is 339 g/mol. The van der Waals surface area contributed by atoms with Gasteiger partial charge in [-0.1, -0.05) is 41.9 Å². The van der Waals surface area contributed by atoms with Gasteiger partial charge in [-0.15, -0.1) is 23.2 Å². The quantitative estimate of drug-likeness (QED) is 0.759. The molecule has 1 unspecified atom stereocenters. The van der Waals surface area contributed by atoms with Gasteiger partial charge >= 0.3 is 0 Å². The third-order valence-corrected chi connectivity index (χ3v) is 4.69. The number of rotatable bonds is 3. The van der Waals surface area contributed by atoms with E-state index in [0.29, 0.717) is 17.0 Å². The van der Waals surface area contributed by atoms with Crippen LogP contribution in [-0.2, 0) is 0 Å². The van der Waals surface area contributed by atoms with Crippen LogP contribution in [0.2, 0.25) is 5.02 Å². The van der Waals surface area contributed by atoms with Gasteiger partial charge in [0.25, 0.3) is 5.91 Å². The van der Waals surface area contributed by atoms with Gasteiger partial charge in [-0.3, -0.25) is 4.79 Å². The maximum absolute atomic E-state index is 12.3. The van der Waals surface area contributed by atoms with Crippen molar-refractivity contribution in [3.8, 4) is 0 Å². The van der Waals surface area contributed by atoms with E-state index in [9.17, 15) is 4.79 Å². The van der Waals surface area contributed by atoms with Gasteiger partial charge in [-0.2, -0.15) is 0 Å². The van der Waals surface area contributed by atoms with Crippen LogP contribution in [0, 0.1) is 0 Å². The summed E-state index contributed by atoms with van der Waals surface area (Å²) < 4.78 is -0.731. The number of hydrogen-bond donors (Lipinski definition) is 1. The lowest BCUT2D eigenvalue weighted by molar-refractivity contribution is 0.102. The standard InChI is InChI=1S/C16H12Cl3NO/c17-13-7-3-1-6-11(13)15(21)20-14-8-4-2-5-10(14)12-9-16(12,18)19/h1-8,12H,9H2,(H,20,21). The predicted molar refractivity (Wildman–Crippen MR) is 87.6 cm³/mol. The number of carbonyl (C=O) groups excluding carboxylic acids is 1. The molecule has 0 aliphatic heterocycles. The van der Waals surface area contributed by atoms with E-state index in [1.54, 1.807) is 24.3 Å². The summed E-state index contributed by atoms with van der Waals surface area (Å²) in [6.07, 6.45) is 0.690. The average molecular weight is 341 g/mol. The number of alkyl halides is 2. The molecule has 108 valence electrons. The Morgan fingerprint density at radius 2 is 1.71 bits per heavy atom. The molecule has 1 amide bonds. The summed E-state index contributed by atoms with van der Waals surface area (Å²) in [4.78, 5) is 12.3. The van der Waals surface area contributed by atoms with Gasteiger partial charge in [-0.05, 0) is 30.2 Å². The van der Waals surface area contributed by atoms with Gasteiger partial charge in [0, 0.05) is 11.6 Å². The van der Waals surface area contributed by atoms with E-state index in [1.165, 1.54) is 0 Å². The normalized spacial score (nSPS) is 19.1. The summed E-state index contributed by atoms with van der Waals surface area (Å²) in [6, 6.07) is 14.5. The number of carbonyl (C=O) groups is 1. The zero-order chi connectivity index (χ0) is 15.0. The molecule has 2 nitrogen and oxygen atoms in total. The maximum atomic E-state index is 12.3. The van der Waals surface area contributed by atoms with Crippen molar-refractivity contribution >= 4 is 46.4 Å². The van der Waals surface area contributed by atoms with Crippen molar-refractivity contribution in [1.82, 2.24) is 0 Å². The summed E-state index contributed by atoms with van der Waals surface area (Å²) >= 11 is 18.3. The number of anilines is 1. The maximum Gasteiger partial charge on any atom is 0.257 e. The van der Waals surface area contributed by atoms with Crippen LogP contribution in [0.15, 0.2) is 48.5 Å². The van der Waals surface area contributed by atoms with Crippen LogP contribution in [0.1, 0.15) is 28.3 Å². The predicted octanol–water partition coefficient (Wildman–Crippen LogP) is 5.25. The van der Waals surface area contributed by atoms with E-state index in [0.717, 1.165) is 11.3 Å². The molecule has 0 saturated heterocycles. The van der Waals surface area contributed by atoms with Crippen molar-refractivity contribution in [3.63, 3.8) is 0 Å². The van der Waals surface area contributed by atoms with E-state index >= 15 is 0 Å². The van der Waals surface area contributed by atoms with Crippen LogP contribution in [-0.4, -0.2) is 10.2 Å². The van der Waals surface area contributed by atoms with Crippen molar-refractivity contribution in [2.45, 2.75) is 16.7 Å². The lowest BCUT2D eigenvalue weighted by atomic mass is 10.1. The molecule has 1 fully saturated rings. The third-order valence-electron chi connectivity index (χ3n) is 3.53. The first-order valence-electron chi connectivity index (χ1n) is 6.51. The number of amides is 1. The zero-order valence-electron chi connectivity index (χ0n) is 10.9. The Labute approximate surface area is 138 Å². The van der Waals surface area contributed by atoms with Crippen molar-refractivity contribution < 1.29 is 4.79 Å². The van der Waals surface area contributed by atoms with Crippen molar-refractivity contribution in [3.05, 3.63) is 64.7 Å². The van der Waals surface area contributed by atoms with Crippen LogP contribution in [0.5, 0.6) is 0 Å². The molecule has 21 heavy (non-hydrogen) atoms. The van der Waals surface area contributed by atoms with E-state index in [2.05, 4.69) is 5.32 Å². The first-order chi connectivity index (χ1) is 9.99. The summed E-state index contributed by atoms with van der Waals surface area (Å²) in [5.74, 6) is -0.202. The molecule has 1 saturated carbocycles. The van der Waals surface area contributed by atoms with Gasteiger partial charge in [0.15, 0.2) is 0 Å². The van der Waals surface area contributed by atoms with Gasteiger partial charge in [-0.25, -0.2) is 0 Å². The van der Waals surface area contributed by atoms with Crippen LogP contribution in [0.4, 0.5) is 5.69 Å². The molecular weight excluding hydrogens is 329 g/mol. The molecule has 1 aliphatic rings. The SMILES string of the molecule is O=C(Nc1ccccc1C1CC1(Cl)Cl)c1ccccc1Cl. The molecule has 0 aromatic heterocycles. The topological polar surface area (TPSA) is 29.1 Å². The second-order valence-electron chi connectivity index (χ2n) is 5.04. The highest BCUT2D eigenvalue weighted by atomic mass is 35.5. The lowest BCUT2D eigenvalue weighted by Crippen LogP contribution is -2.14. The van der Waals surface area contributed by atoms with E-state index in [1.807, 2.05) is 24.3 Å². The number of halogens is 3.